The standard InChI is InChI=1S/C23H24N4O3/c1-30-19-3-4-20-15(13-26-22(20)12-19)6-8-25-21-5-2-16(11-23(21)29)27-17-7-9-24-18(10-17)14-28/h2-5,7,9-13,25-26,28-29H,6,8,14H2,1H3,(H,24,27). The van der Waals surface area contributed by atoms with Gasteiger partial charge in [-0.05, 0) is 48.4 Å². The number of fused-ring (bicyclic) bond motifs is 1. The minimum Gasteiger partial charge on any atom is -0.506 e. The predicted molar refractivity (Wildman–Crippen MR) is 119 cm³/mol. The summed E-state index contributed by atoms with van der Waals surface area (Å²) in [5, 5.41) is 27.2. The Labute approximate surface area is 174 Å². The molecule has 30 heavy (non-hydrogen) atoms. The number of hydrogen-bond acceptors (Lipinski definition) is 6. The number of nitrogens with zero attached hydrogens (tertiary/aromatic N) is 1. The summed E-state index contributed by atoms with van der Waals surface area (Å²) in [6.07, 6.45) is 4.45. The molecule has 2 aromatic heterocycles. The number of ether oxygens (including phenoxy) is 1. The van der Waals surface area contributed by atoms with Crippen molar-refractivity contribution in [2.24, 2.45) is 0 Å². The number of phenolic OH excluding ortho intramolecular Hbond substituents is 1. The first-order valence-corrected chi connectivity index (χ1v) is 9.70. The smallest absolute Gasteiger partial charge is 0.140 e. The molecule has 0 atom stereocenters. The van der Waals surface area contributed by atoms with E-state index in [1.54, 1.807) is 31.5 Å². The normalized spacial score (nSPS) is 10.9. The third-order valence-corrected chi connectivity index (χ3v) is 4.95. The average molecular weight is 404 g/mol. The second-order valence-electron chi connectivity index (χ2n) is 6.95. The van der Waals surface area contributed by atoms with Crippen LogP contribution >= 0.6 is 0 Å². The van der Waals surface area contributed by atoms with Crippen molar-refractivity contribution in [3.05, 3.63) is 72.2 Å². The van der Waals surface area contributed by atoms with E-state index in [1.165, 1.54) is 10.9 Å². The van der Waals surface area contributed by atoms with Crippen molar-refractivity contribution >= 4 is 28.0 Å². The molecule has 0 amide bonds. The number of aromatic nitrogens is 2. The summed E-state index contributed by atoms with van der Waals surface area (Å²) in [5.41, 5.74) is 5.05. The van der Waals surface area contributed by atoms with Gasteiger partial charge in [-0.1, -0.05) is 0 Å². The molecule has 0 aliphatic heterocycles. The van der Waals surface area contributed by atoms with E-state index in [4.69, 9.17) is 4.74 Å². The largest absolute Gasteiger partial charge is 0.506 e. The monoisotopic (exact) mass is 404 g/mol. The molecule has 0 aliphatic carbocycles. The number of anilines is 3. The molecular weight excluding hydrogens is 380 g/mol. The van der Waals surface area contributed by atoms with E-state index in [0.717, 1.165) is 29.1 Å². The number of aromatic hydroxyl groups is 1. The molecule has 0 saturated heterocycles. The molecule has 0 radical (unpaired) electrons. The number of H-pyrrole nitrogens is 1. The fourth-order valence-electron chi connectivity index (χ4n) is 3.40. The molecule has 0 fully saturated rings. The lowest BCUT2D eigenvalue weighted by molar-refractivity contribution is 0.277. The quantitative estimate of drug-likeness (QED) is 0.283. The van der Waals surface area contributed by atoms with Gasteiger partial charge >= 0.3 is 0 Å². The molecule has 154 valence electrons. The summed E-state index contributed by atoms with van der Waals surface area (Å²) < 4.78 is 5.26. The first kappa shape index (κ1) is 19.6. The Morgan fingerprint density at radius 3 is 2.73 bits per heavy atom. The van der Waals surface area contributed by atoms with Gasteiger partial charge in [0.2, 0.25) is 0 Å². The van der Waals surface area contributed by atoms with Crippen molar-refractivity contribution in [2.75, 3.05) is 24.3 Å². The number of rotatable bonds is 8. The maximum Gasteiger partial charge on any atom is 0.140 e. The molecule has 5 N–H and O–H groups in total. The lowest BCUT2D eigenvalue weighted by Crippen LogP contribution is -2.05. The molecule has 0 spiro atoms. The van der Waals surface area contributed by atoms with Crippen molar-refractivity contribution < 1.29 is 14.9 Å². The van der Waals surface area contributed by atoms with Crippen molar-refractivity contribution in [1.29, 1.82) is 0 Å². The van der Waals surface area contributed by atoms with Crippen LogP contribution in [-0.2, 0) is 13.0 Å². The molecule has 7 nitrogen and oxygen atoms in total. The van der Waals surface area contributed by atoms with Gasteiger partial charge in [0.15, 0.2) is 0 Å². The van der Waals surface area contributed by atoms with Crippen LogP contribution in [0.3, 0.4) is 0 Å². The van der Waals surface area contributed by atoms with Gasteiger partial charge in [-0.2, -0.15) is 0 Å². The number of aliphatic hydroxyl groups excluding tert-OH is 1. The summed E-state index contributed by atoms with van der Waals surface area (Å²) >= 11 is 0. The zero-order valence-corrected chi connectivity index (χ0v) is 16.6. The number of aromatic amines is 1. The third-order valence-electron chi connectivity index (χ3n) is 4.95. The zero-order chi connectivity index (χ0) is 20.9. The Hall–Kier alpha value is -3.71. The molecule has 4 rings (SSSR count). The van der Waals surface area contributed by atoms with E-state index in [9.17, 15) is 10.2 Å². The van der Waals surface area contributed by atoms with E-state index in [2.05, 4.69) is 26.7 Å². The van der Waals surface area contributed by atoms with Gasteiger partial charge in [0.05, 0.1) is 25.1 Å². The van der Waals surface area contributed by atoms with Crippen LogP contribution in [0.1, 0.15) is 11.3 Å². The minimum atomic E-state index is -0.117. The van der Waals surface area contributed by atoms with Gasteiger partial charge in [-0.25, -0.2) is 0 Å². The Balaban J connectivity index is 1.38. The van der Waals surface area contributed by atoms with E-state index in [0.29, 0.717) is 17.9 Å². The Bertz CT molecular complexity index is 1160. The molecule has 0 bridgehead atoms. The summed E-state index contributed by atoms with van der Waals surface area (Å²) in [5.74, 6) is 0.993. The zero-order valence-electron chi connectivity index (χ0n) is 16.6. The van der Waals surface area contributed by atoms with Crippen molar-refractivity contribution in [1.82, 2.24) is 9.97 Å². The fraction of sp³-hybridized carbons (Fsp3) is 0.174. The van der Waals surface area contributed by atoms with Gasteiger partial charge < -0.3 is 30.6 Å². The van der Waals surface area contributed by atoms with Crippen LogP contribution in [-0.4, -0.2) is 33.8 Å². The van der Waals surface area contributed by atoms with Gasteiger partial charge in [0.1, 0.15) is 11.5 Å². The summed E-state index contributed by atoms with van der Waals surface area (Å²) in [6.45, 7) is 0.567. The highest BCUT2D eigenvalue weighted by Crippen LogP contribution is 2.29. The van der Waals surface area contributed by atoms with Gasteiger partial charge in [-0.3, -0.25) is 4.98 Å². The van der Waals surface area contributed by atoms with Gasteiger partial charge in [0, 0.05) is 53.3 Å². The molecule has 0 aliphatic rings. The molecular formula is C23H24N4O3. The highest BCUT2D eigenvalue weighted by molar-refractivity contribution is 5.84. The van der Waals surface area contributed by atoms with Crippen LogP contribution < -0.4 is 15.4 Å². The molecule has 2 heterocycles. The summed E-state index contributed by atoms with van der Waals surface area (Å²) in [4.78, 5) is 7.33. The van der Waals surface area contributed by atoms with E-state index < -0.39 is 0 Å². The molecule has 2 aromatic carbocycles. The SMILES string of the molecule is COc1ccc2c(CCNc3ccc(Nc4ccnc(CO)c4)cc3O)c[nH]c2c1. The number of pyridine rings is 1. The maximum absolute atomic E-state index is 10.4. The second-order valence-corrected chi connectivity index (χ2v) is 6.95. The van der Waals surface area contributed by atoms with Crippen LogP contribution in [0.15, 0.2) is 60.9 Å². The van der Waals surface area contributed by atoms with Crippen molar-refractivity contribution in [2.45, 2.75) is 13.0 Å². The predicted octanol–water partition coefficient (Wildman–Crippen LogP) is 4.17. The average Bonchev–Trinajstić information content (AvgIpc) is 3.17. The molecule has 0 unspecified atom stereocenters. The topological polar surface area (TPSA) is 102 Å². The minimum absolute atomic E-state index is 0.117. The Morgan fingerprint density at radius 1 is 1.07 bits per heavy atom. The first-order chi connectivity index (χ1) is 14.7. The van der Waals surface area contributed by atoms with Crippen LogP contribution in [0.25, 0.3) is 10.9 Å². The lowest BCUT2D eigenvalue weighted by atomic mass is 10.1. The fourth-order valence-corrected chi connectivity index (χ4v) is 3.40. The third kappa shape index (κ3) is 4.31. The van der Waals surface area contributed by atoms with Crippen LogP contribution in [0, 0.1) is 0 Å². The van der Waals surface area contributed by atoms with Crippen LogP contribution in [0.2, 0.25) is 0 Å². The highest BCUT2D eigenvalue weighted by Gasteiger charge is 2.07. The first-order valence-electron chi connectivity index (χ1n) is 9.70. The number of nitrogens with one attached hydrogen (secondary N) is 3. The molecule has 7 heteroatoms. The molecule has 4 aromatic rings. The summed E-state index contributed by atoms with van der Waals surface area (Å²) in [7, 11) is 1.66. The number of benzene rings is 2. The second kappa shape index (κ2) is 8.75. The summed E-state index contributed by atoms with van der Waals surface area (Å²) in [6, 6.07) is 15.0. The lowest BCUT2D eigenvalue weighted by Gasteiger charge is -2.12. The Kier molecular flexibility index (Phi) is 5.72. The number of aliphatic hydroxyl groups is 1. The van der Waals surface area contributed by atoms with Gasteiger partial charge in [-0.15, -0.1) is 0 Å². The van der Waals surface area contributed by atoms with Crippen molar-refractivity contribution in [3.8, 4) is 11.5 Å². The van der Waals surface area contributed by atoms with Crippen LogP contribution in [0.5, 0.6) is 11.5 Å². The number of methoxy groups -OCH3 is 1. The molecule has 0 saturated carbocycles. The van der Waals surface area contributed by atoms with E-state index in [1.807, 2.05) is 30.5 Å². The van der Waals surface area contributed by atoms with E-state index >= 15 is 0 Å². The maximum atomic E-state index is 10.4. The highest BCUT2D eigenvalue weighted by atomic mass is 16.5. The number of phenols is 1. The Morgan fingerprint density at radius 2 is 1.93 bits per heavy atom. The number of hydrogen-bond donors (Lipinski definition) is 5. The van der Waals surface area contributed by atoms with E-state index in [-0.39, 0.29) is 12.4 Å². The van der Waals surface area contributed by atoms with Crippen LogP contribution in [0.4, 0.5) is 17.1 Å². The van der Waals surface area contributed by atoms with Crippen molar-refractivity contribution in [3.63, 3.8) is 0 Å². The van der Waals surface area contributed by atoms with Gasteiger partial charge in [0.25, 0.3) is 0 Å².